The van der Waals surface area contributed by atoms with Crippen molar-refractivity contribution in [3.8, 4) is 0 Å². The highest BCUT2D eigenvalue weighted by Crippen LogP contribution is 2.43. The Morgan fingerprint density at radius 2 is 1.89 bits per heavy atom. The molecule has 1 saturated carbocycles. The number of benzene rings is 1. The number of hydrogen-bond acceptors (Lipinski definition) is 2. The summed E-state index contributed by atoms with van der Waals surface area (Å²) in [6.45, 7) is 4.50. The summed E-state index contributed by atoms with van der Waals surface area (Å²) in [6.07, 6.45) is 4.11. The van der Waals surface area contributed by atoms with Crippen LogP contribution >= 0.6 is 11.6 Å². The highest BCUT2D eigenvalue weighted by Gasteiger charge is 2.34. The number of rotatable bonds is 3. The molecule has 1 aromatic carbocycles. The molecular formula is C15H21ClN2. The monoisotopic (exact) mass is 264 g/mol. The van der Waals surface area contributed by atoms with Gasteiger partial charge in [0.05, 0.1) is 0 Å². The Kier molecular flexibility index (Phi) is 3.88. The molecule has 1 heterocycles. The van der Waals surface area contributed by atoms with Crippen molar-refractivity contribution in [1.29, 1.82) is 0 Å². The van der Waals surface area contributed by atoms with E-state index < -0.39 is 0 Å². The molecule has 1 aliphatic heterocycles. The summed E-state index contributed by atoms with van der Waals surface area (Å²) < 4.78 is 0. The Labute approximate surface area is 114 Å². The smallest absolute Gasteiger partial charge is 0.0453 e. The zero-order chi connectivity index (χ0) is 12.4. The number of halogens is 1. The Morgan fingerprint density at radius 3 is 2.50 bits per heavy atom. The summed E-state index contributed by atoms with van der Waals surface area (Å²) in [7, 11) is 0. The van der Waals surface area contributed by atoms with E-state index in [-0.39, 0.29) is 0 Å². The Bertz CT molecular complexity index is 397. The van der Waals surface area contributed by atoms with Gasteiger partial charge in [0.1, 0.15) is 0 Å². The fourth-order valence-electron chi connectivity index (χ4n) is 3.18. The van der Waals surface area contributed by atoms with Crippen LogP contribution in [0.2, 0.25) is 5.02 Å². The second kappa shape index (κ2) is 5.60. The fourth-order valence-corrected chi connectivity index (χ4v) is 3.43. The third-order valence-electron chi connectivity index (χ3n) is 4.37. The van der Waals surface area contributed by atoms with Gasteiger partial charge in [-0.1, -0.05) is 36.2 Å². The van der Waals surface area contributed by atoms with Gasteiger partial charge in [-0.05, 0) is 30.4 Å². The van der Waals surface area contributed by atoms with Crippen LogP contribution in [0.1, 0.15) is 30.9 Å². The van der Waals surface area contributed by atoms with E-state index in [0.29, 0.717) is 6.04 Å². The third-order valence-corrected chi connectivity index (χ3v) is 4.71. The van der Waals surface area contributed by atoms with Gasteiger partial charge in [-0.3, -0.25) is 4.90 Å². The van der Waals surface area contributed by atoms with Crippen LogP contribution in [0.15, 0.2) is 24.3 Å². The van der Waals surface area contributed by atoms with Crippen LogP contribution in [0.4, 0.5) is 0 Å². The van der Waals surface area contributed by atoms with Crippen LogP contribution in [0, 0.1) is 5.92 Å². The van der Waals surface area contributed by atoms with Gasteiger partial charge >= 0.3 is 0 Å². The molecule has 0 spiro atoms. The minimum absolute atomic E-state index is 0.537. The van der Waals surface area contributed by atoms with Gasteiger partial charge < -0.3 is 5.32 Å². The lowest BCUT2D eigenvalue weighted by molar-refractivity contribution is 0.0838. The predicted molar refractivity (Wildman–Crippen MR) is 76.0 cm³/mol. The molecule has 3 rings (SSSR count). The fraction of sp³-hybridized carbons (Fsp3) is 0.600. The standard InChI is InChI=1S/C15H21ClN2/c16-14-7-2-1-6-13(14)15(12-4-3-5-12)18-10-8-17-9-11-18/h1-2,6-7,12,15,17H,3-5,8-11H2/t15-/m1/s1. The molecule has 1 aromatic rings. The predicted octanol–water partition coefficient (Wildman–Crippen LogP) is 3.09. The summed E-state index contributed by atoms with van der Waals surface area (Å²) >= 11 is 6.42. The van der Waals surface area contributed by atoms with Gasteiger partial charge in [0.2, 0.25) is 0 Å². The van der Waals surface area contributed by atoms with Crippen LogP contribution in [-0.4, -0.2) is 31.1 Å². The molecule has 0 unspecified atom stereocenters. The lowest BCUT2D eigenvalue weighted by Crippen LogP contribution is -2.47. The summed E-state index contributed by atoms with van der Waals surface area (Å²) in [6, 6.07) is 8.93. The molecule has 98 valence electrons. The molecular weight excluding hydrogens is 244 g/mol. The highest BCUT2D eigenvalue weighted by atomic mass is 35.5. The molecule has 1 saturated heterocycles. The third kappa shape index (κ3) is 2.42. The van der Waals surface area contributed by atoms with E-state index in [2.05, 4.69) is 22.3 Å². The van der Waals surface area contributed by atoms with Gasteiger partial charge in [-0.15, -0.1) is 0 Å². The first-order chi connectivity index (χ1) is 8.86. The van der Waals surface area contributed by atoms with Gasteiger partial charge in [0, 0.05) is 37.2 Å². The average Bonchev–Trinajstić information content (AvgIpc) is 2.36. The van der Waals surface area contributed by atoms with E-state index in [1.54, 1.807) is 0 Å². The molecule has 3 heteroatoms. The largest absolute Gasteiger partial charge is 0.314 e. The topological polar surface area (TPSA) is 15.3 Å². The van der Waals surface area contributed by atoms with E-state index in [9.17, 15) is 0 Å². The second-order valence-corrected chi connectivity index (χ2v) is 5.85. The van der Waals surface area contributed by atoms with Gasteiger partial charge in [0.25, 0.3) is 0 Å². The molecule has 18 heavy (non-hydrogen) atoms. The van der Waals surface area contributed by atoms with Crippen LogP contribution in [0.25, 0.3) is 0 Å². The molecule has 0 bridgehead atoms. The van der Waals surface area contributed by atoms with Gasteiger partial charge in [0.15, 0.2) is 0 Å². The number of nitrogens with zero attached hydrogens (tertiary/aromatic N) is 1. The zero-order valence-corrected chi connectivity index (χ0v) is 11.5. The Hall–Kier alpha value is -0.570. The summed E-state index contributed by atoms with van der Waals surface area (Å²) in [5.41, 5.74) is 1.34. The average molecular weight is 265 g/mol. The van der Waals surface area contributed by atoms with Crippen LogP contribution < -0.4 is 5.32 Å². The first-order valence-electron chi connectivity index (χ1n) is 7.05. The Morgan fingerprint density at radius 1 is 1.17 bits per heavy atom. The summed E-state index contributed by atoms with van der Waals surface area (Å²) in [5.74, 6) is 0.808. The van der Waals surface area contributed by atoms with Crippen molar-refractivity contribution in [3.05, 3.63) is 34.9 Å². The zero-order valence-electron chi connectivity index (χ0n) is 10.7. The molecule has 2 aliphatic rings. The molecule has 2 nitrogen and oxygen atoms in total. The maximum atomic E-state index is 6.42. The van der Waals surface area contributed by atoms with Crippen molar-refractivity contribution in [2.75, 3.05) is 26.2 Å². The molecule has 2 fully saturated rings. The minimum atomic E-state index is 0.537. The van der Waals surface area contributed by atoms with Gasteiger partial charge in [-0.25, -0.2) is 0 Å². The molecule has 0 aromatic heterocycles. The molecule has 1 aliphatic carbocycles. The molecule has 0 radical (unpaired) electrons. The van der Waals surface area contributed by atoms with Crippen molar-refractivity contribution in [3.63, 3.8) is 0 Å². The van der Waals surface area contributed by atoms with Crippen LogP contribution in [0.3, 0.4) is 0 Å². The molecule has 1 atom stereocenters. The van der Waals surface area contributed by atoms with E-state index in [1.165, 1.54) is 24.8 Å². The highest BCUT2D eigenvalue weighted by molar-refractivity contribution is 6.31. The summed E-state index contributed by atoms with van der Waals surface area (Å²) in [4.78, 5) is 2.63. The molecule has 1 N–H and O–H groups in total. The quantitative estimate of drug-likeness (QED) is 0.903. The van der Waals surface area contributed by atoms with Crippen LogP contribution in [-0.2, 0) is 0 Å². The van der Waals surface area contributed by atoms with E-state index in [1.807, 2.05) is 12.1 Å². The van der Waals surface area contributed by atoms with Crippen molar-refractivity contribution in [1.82, 2.24) is 10.2 Å². The number of hydrogen-bond donors (Lipinski definition) is 1. The molecule has 0 amide bonds. The summed E-state index contributed by atoms with van der Waals surface area (Å²) in [5, 5.41) is 4.37. The lowest BCUT2D eigenvalue weighted by Gasteiger charge is -2.43. The minimum Gasteiger partial charge on any atom is -0.314 e. The normalized spacial score (nSPS) is 23.6. The first-order valence-corrected chi connectivity index (χ1v) is 7.43. The Balaban J connectivity index is 1.87. The number of piperazine rings is 1. The van der Waals surface area contributed by atoms with Gasteiger partial charge in [-0.2, -0.15) is 0 Å². The van der Waals surface area contributed by atoms with Crippen molar-refractivity contribution in [2.45, 2.75) is 25.3 Å². The maximum absolute atomic E-state index is 6.42. The van der Waals surface area contributed by atoms with Crippen molar-refractivity contribution in [2.24, 2.45) is 5.92 Å². The van der Waals surface area contributed by atoms with Crippen LogP contribution in [0.5, 0.6) is 0 Å². The number of nitrogens with one attached hydrogen (secondary N) is 1. The SMILES string of the molecule is Clc1ccccc1[C@@H](C1CCC1)N1CCNCC1. The van der Waals surface area contributed by atoms with Crippen molar-refractivity contribution >= 4 is 11.6 Å². The lowest BCUT2D eigenvalue weighted by atomic mass is 9.76. The van der Waals surface area contributed by atoms with E-state index in [0.717, 1.165) is 37.1 Å². The first kappa shape index (κ1) is 12.5. The van der Waals surface area contributed by atoms with E-state index >= 15 is 0 Å². The van der Waals surface area contributed by atoms with Crippen molar-refractivity contribution < 1.29 is 0 Å². The van der Waals surface area contributed by atoms with E-state index in [4.69, 9.17) is 11.6 Å². The second-order valence-electron chi connectivity index (χ2n) is 5.44. The maximum Gasteiger partial charge on any atom is 0.0453 e.